The van der Waals surface area contributed by atoms with Crippen molar-refractivity contribution in [3.63, 3.8) is 0 Å². The molecule has 1 heterocycles. The average Bonchev–Trinajstić information content (AvgIpc) is 2.65. The normalized spacial score (nSPS) is 25.1. The third-order valence-electron chi connectivity index (χ3n) is 3.93. The van der Waals surface area contributed by atoms with Gasteiger partial charge in [0.15, 0.2) is 0 Å². The first-order valence-electron chi connectivity index (χ1n) is 5.94. The Morgan fingerprint density at radius 1 is 1.11 bits per heavy atom. The second kappa shape index (κ2) is 4.01. The van der Waals surface area contributed by atoms with Crippen LogP contribution in [-0.2, 0) is 0 Å². The van der Waals surface area contributed by atoms with Crippen LogP contribution < -0.4 is 0 Å². The maximum Gasteiger partial charge on any atom is 0.0921 e. The molecule has 2 nitrogen and oxygen atoms in total. The average molecular weight is 281 g/mol. The quantitative estimate of drug-likeness (QED) is 0.854. The third kappa shape index (κ3) is 1.84. The predicted octanol–water partition coefficient (Wildman–Crippen LogP) is 4.62. The number of hydrogen-bond donors (Lipinski definition) is 1. The maximum atomic E-state index is 6.08. The molecule has 0 amide bonds. The molecule has 1 fully saturated rings. The van der Waals surface area contributed by atoms with Crippen molar-refractivity contribution in [2.24, 2.45) is 5.41 Å². The molecule has 1 saturated carbocycles. The van der Waals surface area contributed by atoms with E-state index in [1.807, 2.05) is 18.3 Å². The lowest BCUT2D eigenvalue weighted by molar-refractivity contribution is 0.598. The molecule has 2 aromatic rings. The highest BCUT2D eigenvalue weighted by molar-refractivity contribution is 6.34. The molecule has 1 aliphatic carbocycles. The number of hydrogen-bond acceptors (Lipinski definition) is 1. The van der Waals surface area contributed by atoms with E-state index in [1.54, 1.807) is 12.4 Å². The molecule has 2 atom stereocenters. The lowest BCUT2D eigenvalue weighted by atomic mass is 10.0. The van der Waals surface area contributed by atoms with Crippen molar-refractivity contribution in [2.75, 3.05) is 0 Å². The summed E-state index contributed by atoms with van der Waals surface area (Å²) >= 11 is 12.2. The SMILES string of the molecule is CC1(C)[C@H](c2cc(Cl)cc(Cl)c2)[C@H]1c1cnc[nH]1. The number of aromatic amines is 1. The molecule has 1 aromatic carbocycles. The minimum Gasteiger partial charge on any atom is -0.348 e. The Morgan fingerprint density at radius 2 is 1.78 bits per heavy atom. The molecule has 0 bridgehead atoms. The number of aromatic nitrogens is 2. The monoisotopic (exact) mass is 280 g/mol. The van der Waals surface area contributed by atoms with Crippen molar-refractivity contribution in [1.82, 2.24) is 9.97 Å². The van der Waals surface area contributed by atoms with E-state index in [1.165, 1.54) is 11.3 Å². The van der Waals surface area contributed by atoms with Gasteiger partial charge in [0.05, 0.1) is 6.33 Å². The van der Waals surface area contributed by atoms with E-state index in [0.717, 1.165) is 0 Å². The van der Waals surface area contributed by atoms with Crippen LogP contribution in [0.5, 0.6) is 0 Å². The lowest BCUT2D eigenvalue weighted by Gasteiger charge is -2.04. The summed E-state index contributed by atoms with van der Waals surface area (Å²) in [5, 5.41) is 1.40. The molecule has 18 heavy (non-hydrogen) atoms. The molecule has 3 rings (SSSR count). The van der Waals surface area contributed by atoms with Crippen LogP contribution in [0.4, 0.5) is 0 Å². The topological polar surface area (TPSA) is 28.7 Å². The van der Waals surface area contributed by atoms with E-state index in [0.29, 0.717) is 21.9 Å². The summed E-state index contributed by atoms with van der Waals surface area (Å²) in [7, 11) is 0. The molecule has 0 unspecified atom stereocenters. The Hall–Kier alpha value is -0.990. The van der Waals surface area contributed by atoms with Gasteiger partial charge in [0.2, 0.25) is 0 Å². The lowest BCUT2D eigenvalue weighted by Crippen LogP contribution is -1.90. The van der Waals surface area contributed by atoms with Crippen LogP contribution in [0.1, 0.15) is 36.9 Å². The van der Waals surface area contributed by atoms with Crippen LogP contribution >= 0.6 is 23.2 Å². The first-order chi connectivity index (χ1) is 8.50. The Kier molecular flexibility index (Phi) is 2.68. The number of benzene rings is 1. The van der Waals surface area contributed by atoms with Gasteiger partial charge in [0.1, 0.15) is 0 Å². The molecule has 4 heteroatoms. The van der Waals surface area contributed by atoms with E-state index in [2.05, 4.69) is 23.8 Å². The molecular formula is C14H14Cl2N2. The van der Waals surface area contributed by atoms with Gasteiger partial charge in [-0.3, -0.25) is 0 Å². The van der Waals surface area contributed by atoms with Crippen LogP contribution in [0, 0.1) is 5.41 Å². The van der Waals surface area contributed by atoms with Crippen LogP contribution in [-0.4, -0.2) is 9.97 Å². The predicted molar refractivity (Wildman–Crippen MR) is 74.3 cm³/mol. The summed E-state index contributed by atoms with van der Waals surface area (Å²) in [6.45, 7) is 4.52. The smallest absolute Gasteiger partial charge is 0.0921 e. The van der Waals surface area contributed by atoms with E-state index in [-0.39, 0.29) is 5.41 Å². The first-order valence-corrected chi connectivity index (χ1v) is 6.70. The van der Waals surface area contributed by atoms with Gasteiger partial charge in [0.25, 0.3) is 0 Å². The fraction of sp³-hybridized carbons (Fsp3) is 0.357. The van der Waals surface area contributed by atoms with Crippen molar-refractivity contribution in [3.8, 4) is 0 Å². The highest BCUT2D eigenvalue weighted by Gasteiger charge is 2.59. The van der Waals surface area contributed by atoms with Gasteiger partial charge in [-0.1, -0.05) is 37.0 Å². The summed E-state index contributed by atoms with van der Waals surface area (Å²) in [5.74, 6) is 0.892. The first kappa shape index (κ1) is 12.1. The fourth-order valence-electron chi connectivity index (χ4n) is 3.03. The van der Waals surface area contributed by atoms with Crippen molar-refractivity contribution >= 4 is 23.2 Å². The minimum atomic E-state index is 0.209. The zero-order valence-corrected chi connectivity index (χ0v) is 11.8. The van der Waals surface area contributed by atoms with Crippen molar-refractivity contribution in [3.05, 3.63) is 52.0 Å². The number of rotatable bonds is 2. The summed E-state index contributed by atoms with van der Waals surface area (Å²) in [6, 6.07) is 5.79. The zero-order chi connectivity index (χ0) is 12.9. The third-order valence-corrected chi connectivity index (χ3v) is 4.36. The van der Waals surface area contributed by atoms with Crippen LogP contribution in [0.2, 0.25) is 10.0 Å². The molecule has 0 radical (unpaired) electrons. The second-order valence-corrected chi connectivity index (χ2v) is 6.36. The molecule has 0 spiro atoms. The standard InChI is InChI=1S/C14H14Cl2N2/c1-14(2)12(13(14)11-6-17-7-18-11)8-3-9(15)5-10(16)4-8/h3-7,12-13H,1-2H3,(H,17,18)/t12-,13-/m1/s1. The Labute approximate surface area is 116 Å². The van der Waals surface area contributed by atoms with E-state index < -0.39 is 0 Å². The Morgan fingerprint density at radius 3 is 2.33 bits per heavy atom. The molecule has 1 N–H and O–H groups in total. The molecule has 94 valence electrons. The van der Waals surface area contributed by atoms with E-state index >= 15 is 0 Å². The molecule has 0 aliphatic heterocycles. The summed E-state index contributed by atoms with van der Waals surface area (Å²) < 4.78 is 0. The summed E-state index contributed by atoms with van der Waals surface area (Å²) in [5.41, 5.74) is 2.60. The van der Waals surface area contributed by atoms with Gasteiger partial charge in [0, 0.05) is 27.9 Å². The summed E-state index contributed by atoms with van der Waals surface area (Å²) in [4.78, 5) is 7.31. The molecule has 1 aromatic heterocycles. The van der Waals surface area contributed by atoms with Crippen molar-refractivity contribution in [2.45, 2.75) is 25.7 Å². The Balaban J connectivity index is 1.98. The number of nitrogens with zero attached hydrogens (tertiary/aromatic N) is 1. The van der Waals surface area contributed by atoms with Gasteiger partial charge in [-0.05, 0) is 35.1 Å². The van der Waals surface area contributed by atoms with Gasteiger partial charge in [-0.25, -0.2) is 4.98 Å². The maximum absolute atomic E-state index is 6.08. The minimum absolute atomic E-state index is 0.209. The van der Waals surface area contributed by atoms with E-state index in [9.17, 15) is 0 Å². The molecule has 1 aliphatic rings. The largest absolute Gasteiger partial charge is 0.348 e. The van der Waals surface area contributed by atoms with E-state index in [4.69, 9.17) is 23.2 Å². The molecule has 0 saturated heterocycles. The second-order valence-electron chi connectivity index (χ2n) is 5.49. The van der Waals surface area contributed by atoms with Crippen LogP contribution in [0.3, 0.4) is 0 Å². The number of halogens is 2. The van der Waals surface area contributed by atoms with Gasteiger partial charge in [-0.15, -0.1) is 0 Å². The van der Waals surface area contributed by atoms with Crippen LogP contribution in [0.15, 0.2) is 30.7 Å². The zero-order valence-electron chi connectivity index (χ0n) is 10.2. The van der Waals surface area contributed by atoms with Crippen molar-refractivity contribution in [1.29, 1.82) is 0 Å². The van der Waals surface area contributed by atoms with Gasteiger partial charge in [-0.2, -0.15) is 0 Å². The number of imidazole rings is 1. The Bertz CT molecular complexity index is 555. The van der Waals surface area contributed by atoms with Gasteiger partial charge < -0.3 is 4.98 Å². The van der Waals surface area contributed by atoms with Gasteiger partial charge >= 0.3 is 0 Å². The highest BCUT2D eigenvalue weighted by Crippen LogP contribution is 2.69. The highest BCUT2D eigenvalue weighted by atomic mass is 35.5. The molecular weight excluding hydrogens is 267 g/mol. The fourth-order valence-corrected chi connectivity index (χ4v) is 3.57. The van der Waals surface area contributed by atoms with Crippen LogP contribution in [0.25, 0.3) is 0 Å². The number of nitrogens with one attached hydrogen (secondary N) is 1. The number of H-pyrrole nitrogens is 1. The summed E-state index contributed by atoms with van der Waals surface area (Å²) in [6.07, 6.45) is 3.63. The van der Waals surface area contributed by atoms with Crippen molar-refractivity contribution < 1.29 is 0 Å².